The lowest BCUT2D eigenvalue weighted by Crippen LogP contribution is -2.43. The Morgan fingerprint density at radius 3 is 2.74 bits per heavy atom. The summed E-state index contributed by atoms with van der Waals surface area (Å²) in [6.07, 6.45) is 2.96. The van der Waals surface area contributed by atoms with Crippen molar-refractivity contribution in [3.05, 3.63) is 48.4 Å². The molecule has 0 saturated carbocycles. The highest BCUT2D eigenvalue weighted by molar-refractivity contribution is 7.89. The largest absolute Gasteiger partial charge is 0.460 e. The van der Waals surface area contributed by atoms with Crippen molar-refractivity contribution in [2.24, 2.45) is 5.92 Å². The van der Waals surface area contributed by atoms with Crippen molar-refractivity contribution in [1.29, 1.82) is 0 Å². The number of hydrogen-bond acceptors (Lipinski definition) is 6. The van der Waals surface area contributed by atoms with Gasteiger partial charge in [0, 0.05) is 35.9 Å². The van der Waals surface area contributed by atoms with Crippen LogP contribution in [0.3, 0.4) is 0 Å². The number of amides is 1. The van der Waals surface area contributed by atoms with Gasteiger partial charge in [-0.05, 0) is 62.1 Å². The lowest BCUT2D eigenvalue weighted by Gasteiger charge is -2.22. The number of hydrogen-bond donors (Lipinski definition) is 1. The number of fused-ring (bicyclic) bond motifs is 1. The molecule has 1 aromatic carbocycles. The number of esters is 1. The predicted octanol–water partition coefficient (Wildman–Crippen LogP) is 3.86. The van der Waals surface area contributed by atoms with Crippen LogP contribution in [0.15, 0.2) is 52.1 Å². The Bertz CT molecular complexity index is 1310. The van der Waals surface area contributed by atoms with Gasteiger partial charge in [0.15, 0.2) is 0 Å². The van der Waals surface area contributed by atoms with Gasteiger partial charge in [-0.25, -0.2) is 13.2 Å². The lowest BCUT2D eigenvalue weighted by molar-refractivity contribution is -0.119. The van der Waals surface area contributed by atoms with Crippen LogP contribution in [0.4, 0.5) is 5.69 Å². The average Bonchev–Trinajstić information content (AvgIpc) is 3.53. The van der Waals surface area contributed by atoms with Crippen LogP contribution >= 0.6 is 0 Å². The van der Waals surface area contributed by atoms with E-state index in [2.05, 4.69) is 23.7 Å². The highest BCUT2D eigenvalue weighted by atomic mass is 32.2. The number of rotatable bonds is 8. The summed E-state index contributed by atoms with van der Waals surface area (Å²) >= 11 is 0. The third-order valence-electron chi connectivity index (χ3n) is 5.73. The molecule has 1 atom stereocenters. The summed E-state index contributed by atoms with van der Waals surface area (Å²) in [5.74, 6) is -0.831. The molecule has 3 heterocycles. The van der Waals surface area contributed by atoms with Gasteiger partial charge in [0.1, 0.15) is 6.04 Å². The number of anilines is 1. The van der Waals surface area contributed by atoms with Gasteiger partial charge in [-0.15, -0.1) is 0 Å². The van der Waals surface area contributed by atoms with Crippen molar-refractivity contribution in [2.45, 2.75) is 51.3 Å². The Labute approximate surface area is 198 Å². The second-order valence-electron chi connectivity index (χ2n) is 8.74. The number of nitrogens with zero attached hydrogens (tertiary/aromatic N) is 2. The average molecular weight is 488 g/mol. The van der Waals surface area contributed by atoms with Gasteiger partial charge in [-0.1, -0.05) is 13.8 Å². The molecule has 1 amide bonds. The van der Waals surface area contributed by atoms with Gasteiger partial charge in [0.2, 0.25) is 16.8 Å². The molecule has 1 aliphatic rings. The number of carbonyl (C=O) groups is 2. The molecule has 182 valence electrons. The molecule has 34 heavy (non-hydrogen) atoms. The normalized spacial score (nSPS) is 16.9. The minimum Gasteiger partial charge on any atom is -0.460 e. The lowest BCUT2D eigenvalue weighted by atomic mass is 10.2. The zero-order chi connectivity index (χ0) is 24.5. The first-order valence-electron chi connectivity index (χ1n) is 11.4. The first kappa shape index (κ1) is 24.0. The molecule has 0 radical (unpaired) electrons. The third-order valence-corrected chi connectivity index (χ3v) is 7.51. The number of ether oxygens (including phenoxy) is 1. The van der Waals surface area contributed by atoms with E-state index in [0.717, 1.165) is 21.8 Å². The second-order valence-corrected chi connectivity index (χ2v) is 10.6. The SMILES string of the molecule is CCOC(=O)c1ccc(S(=O)(=O)N2CCCC2C(=O)Nc2ccc3c(ccn3CC(C)C)c2)o1. The molecular weight excluding hydrogens is 458 g/mol. The zero-order valence-electron chi connectivity index (χ0n) is 19.5. The quantitative estimate of drug-likeness (QED) is 0.483. The molecule has 2 aromatic heterocycles. The van der Waals surface area contributed by atoms with Crippen molar-refractivity contribution < 1.29 is 27.2 Å². The number of furan rings is 1. The van der Waals surface area contributed by atoms with Gasteiger partial charge in [0.25, 0.3) is 10.0 Å². The van der Waals surface area contributed by atoms with Crippen LogP contribution in [-0.2, 0) is 26.1 Å². The number of benzene rings is 1. The van der Waals surface area contributed by atoms with E-state index in [-0.39, 0.29) is 24.0 Å². The Morgan fingerprint density at radius 1 is 1.21 bits per heavy atom. The first-order chi connectivity index (χ1) is 16.2. The van der Waals surface area contributed by atoms with E-state index in [0.29, 0.717) is 24.4 Å². The van der Waals surface area contributed by atoms with Crippen LogP contribution in [0, 0.1) is 5.92 Å². The first-order valence-corrected chi connectivity index (χ1v) is 12.8. The highest BCUT2D eigenvalue weighted by Gasteiger charge is 2.41. The van der Waals surface area contributed by atoms with E-state index in [1.165, 1.54) is 12.1 Å². The molecule has 4 rings (SSSR count). The van der Waals surface area contributed by atoms with Gasteiger partial charge in [0.05, 0.1) is 6.61 Å². The van der Waals surface area contributed by atoms with E-state index in [1.807, 2.05) is 30.5 Å². The third kappa shape index (κ3) is 4.74. The smallest absolute Gasteiger partial charge is 0.374 e. The Balaban J connectivity index is 1.50. The Hall–Kier alpha value is -3.11. The van der Waals surface area contributed by atoms with Crippen LogP contribution in [-0.4, -0.2) is 48.4 Å². The van der Waals surface area contributed by atoms with E-state index >= 15 is 0 Å². The van der Waals surface area contributed by atoms with Gasteiger partial charge in [-0.3, -0.25) is 4.79 Å². The maximum Gasteiger partial charge on any atom is 0.374 e. The van der Waals surface area contributed by atoms with Crippen LogP contribution in [0.25, 0.3) is 10.9 Å². The number of sulfonamides is 1. The summed E-state index contributed by atoms with van der Waals surface area (Å²) in [5, 5.41) is 3.47. The number of carbonyl (C=O) groups excluding carboxylic acids is 2. The molecule has 9 nitrogen and oxygen atoms in total. The van der Waals surface area contributed by atoms with Crippen molar-refractivity contribution in [1.82, 2.24) is 8.87 Å². The maximum absolute atomic E-state index is 13.2. The monoisotopic (exact) mass is 487 g/mol. The molecule has 1 aliphatic heterocycles. The van der Waals surface area contributed by atoms with Crippen LogP contribution in [0.5, 0.6) is 0 Å². The van der Waals surface area contributed by atoms with Crippen LogP contribution in [0.1, 0.15) is 44.2 Å². The fourth-order valence-corrected chi connectivity index (χ4v) is 5.80. The number of nitrogens with one attached hydrogen (secondary N) is 1. The molecule has 1 N–H and O–H groups in total. The highest BCUT2D eigenvalue weighted by Crippen LogP contribution is 2.29. The molecule has 10 heteroatoms. The summed E-state index contributed by atoms with van der Waals surface area (Å²) in [6, 6.07) is 9.26. The standard InChI is InChI=1S/C24H29N3O6S/c1-4-32-24(29)21-9-10-22(33-21)34(30,31)27-12-5-6-20(27)23(28)25-18-7-8-19-17(14-18)11-13-26(19)15-16(2)3/h7-11,13-14,16,20H,4-6,12,15H2,1-3H3,(H,25,28). The molecule has 0 spiro atoms. The summed E-state index contributed by atoms with van der Waals surface area (Å²) in [6.45, 7) is 7.18. The predicted molar refractivity (Wildman–Crippen MR) is 127 cm³/mol. The minimum atomic E-state index is -4.10. The topological polar surface area (TPSA) is 111 Å². The van der Waals surface area contributed by atoms with Gasteiger partial charge < -0.3 is 19.0 Å². The molecular formula is C24H29N3O6S. The Morgan fingerprint density at radius 2 is 2.00 bits per heavy atom. The van der Waals surface area contributed by atoms with Gasteiger partial charge in [-0.2, -0.15) is 4.31 Å². The van der Waals surface area contributed by atoms with E-state index < -0.39 is 27.9 Å². The molecule has 1 fully saturated rings. The molecule has 1 saturated heterocycles. The van der Waals surface area contributed by atoms with Crippen molar-refractivity contribution in [2.75, 3.05) is 18.5 Å². The van der Waals surface area contributed by atoms with Crippen LogP contribution < -0.4 is 5.32 Å². The summed E-state index contributed by atoms with van der Waals surface area (Å²) in [7, 11) is -4.10. The summed E-state index contributed by atoms with van der Waals surface area (Å²) in [5.41, 5.74) is 1.68. The van der Waals surface area contributed by atoms with Crippen LogP contribution in [0.2, 0.25) is 0 Å². The second kappa shape index (κ2) is 9.63. The van der Waals surface area contributed by atoms with Gasteiger partial charge >= 0.3 is 5.97 Å². The molecule has 0 aliphatic carbocycles. The molecule has 1 unspecified atom stereocenters. The maximum atomic E-state index is 13.2. The number of aromatic nitrogens is 1. The summed E-state index contributed by atoms with van der Waals surface area (Å²) < 4.78 is 39.7. The molecule has 0 bridgehead atoms. The van der Waals surface area contributed by atoms with Crippen molar-refractivity contribution >= 4 is 38.5 Å². The minimum absolute atomic E-state index is 0.143. The fraction of sp³-hybridized carbons (Fsp3) is 0.417. The molecule has 3 aromatic rings. The van der Waals surface area contributed by atoms with E-state index in [4.69, 9.17) is 9.15 Å². The fourth-order valence-electron chi connectivity index (χ4n) is 4.23. The van der Waals surface area contributed by atoms with E-state index in [1.54, 1.807) is 6.92 Å². The van der Waals surface area contributed by atoms with Crippen molar-refractivity contribution in [3.63, 3.8) is 0 Å². The Kier molecular flexibility index (Phi) is 6.81. The van der Waals surface area contributed by atoms with Crippen molar-refractivity contribution in [3.8, 4) is 0 Å². The van der Waals surface area contributed by atoms with E-state index in [9.17, 15) is 18.0 Å². The zero-order valence-corrected chi connectivity index (χ0v) is 20.3. The summed E-state index contributed by atoms with van der Waals surface area (Å²) in [4.78, 5) is 24.9.